The SMILES string of the molecule is COc1cc(CN2CCN(c3cc(Cl)cc(Cl)c3)CC2)cc(C2NCCc3c2[nH]c2ccc(OC)cc32)c1. The number of ether oxygens (including phenoxy) is 2. The van der Waals surface area contributed by atoms with Gasteiger partial charge in [-0.2, -0.15) is 0 Å². The van der Waals surface area contributed by atoms with Gasteiger partial charge in [0.05, 0.1) is 20.3 Å². The van der Waals surface area contributed by atoms with Crippen molar-refractivity contribution in [2.45, 2.75) is 19.0 Å². The number of methoxy groups -OCH3 is 2. The molecule has 6 rings (SSSR count). The lowest BCUT2D eigenvalue weighted by molar-refractivity contribution is 0.249. The van der Waals surface area contributed by atoms with Crippen LogP contribution < -0.4 is 19.7 Å². The van der Waals surface area contributed by atoms with Gasteiger partial charge < -0.3 is 24.7 Å². The zero-order valence-corrected chi connectivity index (χ0v) is 23.2. The number of aromatic amines is 1. The molecular formula is C30H32Cl2N4O2. The maximum absolute atomic E-state index is 6.23. The van der Waals surface area contributed by atoms with E-state index in [0.717, 1.165) is 68.4 Å². The number of fused-ring (bicyclic) bond motifs is 3. The van der Waals surface area contributed by atoms with Crippen molar-refractivity contribution >= 4 is 39.8 Å². The highest BCUT2D eigenvalue weighted by Crippen LogP contribution is 2.36. The topological polar surface area (TPSA) is 52.8 Å². The van der Waals surface area contributed by atoms with Crippen LogP contribution in [0.4, 0.5) is 5.69 Å². The molecule has 8 heteroatoms. The van der Waals surface area contributed by atoms with Crippen molar-refractivity contribution < 1.29 is 9.47 Å². The number of aromatic nitrogens is 1. The van der Waals surface area contributed by atoms with Crippen molar-refractivity contribution in [3.63, 3.8) is 0 Å². The predicted molar refractivity (Wildman–Crippen MR) is 155 cm³/mol. The number of anilines is 1. The van der Waals surface area contributed by atoms with Crippen LogP contribution in [0.5, 0.6) is 11.5 Å². The molecule has 1 aromatic heterocycles. The summed E-state index contributed by atoms with van der Waals surface area (Å²) in [5.41, 5.74) is 7.29. The molecule has 0 spiro atoms. The molecule has 1 atom stereocenters. The second-order valence-corrected chi connectivity index (χ2v) is 10.9. The van der Waals surface area contributed by atoms with Crippen molar-refractivity contribution in [2.75, 3.05) is 51.8 Å². The summed E-state index contributed by atoms with van der Waals surface area (Å²) in [5.74, 6) is 1.77. The Labute approximate surface area is 233 Å². The van der Waals surface area contributed by atoms with Crippen molar-refractivity contribution in [3.8, 4) is 11.5 Å². The van der Waals surface area contributed by atoms with E-state index in [0.29, 0.717) is 10.0 Å². The van der Waals surface area contributed by atoms with Crippen LogP contribution >= 0.6 is 23.2 Å². The third-order valence-electron chi connectivity index (χ3n) is 7.71. The van der Waals surface area contributed by atoms with E-state index in [4.69, 9.17) is 32.7 Å². The van der Waals surface area contributed by atoms with Gasteiger partial charge >= 0.3 is 0 Å². The first-order chi connectivity index (χ1) is 18.5. The van der Waals surface area contributed by atoms with E-state index in [2.05, 4.69) is 50.4 Å². The van der Waals surface area contributed by atoms with Crippen molar-refractivity contribution in [1.29, 1.82) is 0 Å². The first-order valence-corrected chi connectivity index (χ1v) is 13.8. The van der Waals surface area contributed by atoms with E-state index in [9.17, 15) is 0 Å². The Hall–Kier alpha value is -2.90. The highest BCUT2D eigenvalue weighted by Gasteiger charge is 2.27. The van der Waals surface area contributed by atoms with Crippen LogP contribution in [0.3, 0.4) is 0 Å². The van der Waals surface area contributed by atoms with Gasteiger partial charge in [-0.3, -0.25) is 4.90 Å². The summed E-state index contributed by atoms with van der Waals surface area (Å²) in [6, 6.07) is 18.7. The fourth-order valence-corrected chi connectivity index (χ4v) is 6.34. The number of nitrogens with zero attached hydrogens (tertiary/aromatic N) is 2. The molecule has 6 nitrogen and oxygen atoms in total. The molecule has 0 saturated carbocycles. The van der Waals surface area contributed by atoms with E-state index in [-0.39, 0.29) is 6.04 Å². The second-order valence-electron chi connectivity index (χ2n) is 10.1. The number of nitrogens with one attached hydrogen (secondary N) is 2. The minimum atomic E-state index is 0.0791. The smallest absolute Gasteiger partial charge is 0.119 e. The molecule has 0 amide bonds. The lowest BCUT2D eigenvalue weighted by Gasteiger charge is -2.36. The van der Waals surface area contributed by atoms with Gasteiger partial charge in [0.1, 0.15) is 11.5 Å². The van der Waals surface area contributed by atoms with Crippen LogP contribution in [0.1, 0.15) is 28.4 Å². The van der Waals surface area contributed by atoms with Crippen LogP contribution in [-0.4, -0.2) is 56.8 Å². The molecule has 2 aliphatic heterocycles. The predicted octanol–water partition coefficient (Wildman–Crippen LogP) is 6.05. The van der Waals surface area contributed by atoms with Crippen LogP contribution in [0.15, 0.2) is 54.6 Å². The van der Waals surface area contributed by atoms with E-state index in [1.165, 1.54) is 27.8 Å². The van der Waals surface area contributed by atoms with Gasteiger partial charge in [0, 0.05) is 71.6 Å². The molecule has 1 unspecified atom stereocenters. The molecule has 4 aromatic rings. The number of rotatable bonds is 6. The van der Waals surface area contributed by atoms with Gasteiger partial charge in [-0.15, -0.1) is 0 Å². The number of hydrogen-bond acceptors (Lipinski definition) is 5. The zero-order chi connectivity index (χ0) is 26.2. The molecular weight excluding hydrogens is 519 g/mol. The van der Waals surface area contributed by atoms with E-state index < -0.39 is 0 Å². The Kier molecular flexibility index (Phi) is 7.14. The Morgan fingerprint density at radius 1 is 0.868 bits per heavy atom. The number of piperazine rings is 1. The molecule has 2 N–H and O–H groups in total. The maximum Gasteiger partial charge on any atom is 0.119 e. The summed E-state index contributed by atoms with van der Waals surface area (Å²) in [6.45, 7) is 5.58. The number of hydrogen-bond donors (Lipinski definition) is 2. The van der Waals surface area contributed by atoms with Gasteiger partial charge in [0.15, 0.2) is 0 Å². The van der Waals surface area contributed by atoms with Gasteiger partial charge in [-0.05, 0) is 71.6 Å². The third-order valence-corrected chi connectivity index (χ3v) is 8.14. The second kappa shape index (κ2) is 10.7. The maximum atomic E-state index is 6.23. The summed E-state index contributed by atoms with van der Waals surface area (Å²) in [7, 11) is 3.46. The molecule has 1 fully saturated rings. The standard InChI is InChI=1S/C30H32Cl2N4O2/c1-37-24-3-4-28-27(17-24)26-5-6-33-29(30(26)34-28)20-11-19(12-25(13-20)38-2)18-35-7-9-36(10-8-35)23-15-21(31)14-22(32)16-23/h3-4,11-17,29,33-34H,5-10,18H2,1-2H3. The monoisotopic (exact) mass is 550 g/mol. The third kappa shape index (κ3) is 5.06. The summed E-state index contributed by atoms with van der Waals surface area (Å²) in [4.78, 5) is 8.54. The molecule has 3 aromatic carbocycles. The quantitative estimate of drug-likeness (QED) is 0.306. The van der Waals surface area contributed by atoms with Crippen LogP contribution in [0.25, 0.3) is 10.9 Å². The highest BCUT2D eigenvalue weighted by atomic mass is 35.5. The molecule has 38 heavy (non-hydrogen) atoms. The molecule has 1 saturated heterocycles. The van der Waals surface area contributed by atoms with E-state index in [1.54, 1.807) is 20.3 Å². The molecule has 198 valence electrons. The summed E-state index contributed by atoms with van der Waals surface area (Å²) < 4.78 is 11.2. The first kappa shape index (κ1) is 25.4. The zero-order valence-electron chi connectivity index (χ0n) is 21.7. The Morgan fingerprint density at radius 2 is 1.63 bits per heavy atom. The number of benzene rings is 3. The fourth-order valence-electron chi connectivity index (χ4n) is 5.82. The summed E-state index contributed by atoms with van der Waals surface area (Å²) in [5, 5.41) is 6.33. The summed E-state index contributed by atoms with van der Waals surface area (Å²) in [6.07, 6.45) is 0.984. The van der Waals surface area contributed by atoms with Crippen LogP contribution in [0.2, 0.25) is 10.0 Å². The lowest BCUT2D eigenvalue weighted by atomic mass is 9.93. The number of halogens is 2. The van der Waals surface area contributed by atoms with E-state index >= 15 is 0 Å². The van der Waals surface area contributed by atoms with Gasteiger partial charge in [-0.25, -0.2) is 0 Å². The molecule has 0 aliphatic carbocycles. The lowest BCUT2D eigenvalue weighted by Crippen LogP contribution is -2.46. The van der Waals surface area contributed by atoms with Crippen LogP contribution in [0, 0.1) is 0 Å². The average molecular weight is 552 g/mol. The highest BCUT2D eigenvalue weighted by molar-refractivity contribution is 6.35. The number of H-pyrrole nitrogens is 1. The largest absolute Gasteiger partial charge is 0.497 e. The molecule has 2 aliphatic rings. The Bertz CT molecular complexity index is 1440. The fraction of sp³-hybridized carbons (Fsp3) is 0.333. The Morgan fingerprint density at radius 3 is 2.37 bits per heavy atom. The normalized spacial score (nSPS) is 18.0. The summed E-state index contributed by atoms with van der Waals surface area (Å²) >= 11 is 12.5. The molecule has 3 heterocycles. The van der Waals surface area contributed by atoms with Crippen molar-refractivity contribution in [2.24, 2.45) is 0 Å². The first-order valence-electron chi connectivity index (χ1n) is 13.0. The van der Waals surface area contributed by atoms with E-state index in [1.807, 2.05) is 18.2 Å². The molecule has 0 radical (unpaired) electrons. The van der Waals surface area contributed by atoms with Gasteiger partial charge in [0.25, 0.3) is 0 Å². The minimum absolute atomic E-state index is 0.0791. The molecule has 0 bridgehead atoms. The van der Waals surface area contributed by atoms with Gasteiger partial charge in [-0.1, -0.05) is 29.3 Å². The van der Waals surface area contributed by atoms with Crippen LogP contribution in [-0.2, 0) is 13.0 Å². The minimum Gasteiger partial charge on any atom is -0.497 e. The average Bonchev–Trinajstić information content (AvgIpc) is 3.30. The van der Waals surface area contributed by atoms with Crippen molar-refractivity contribution in [3.05, 3.63) is 87.0 Å². The van der Waals surface area contributed by atoms with Crippen molar-refractivity contribution in [1.82, 2.24) is 15.2 Å². The van der Waals surface area contributed by atoms with Gasteiger partial charge in [0.2, 0.25) is 0 Å². The Balaban J connectivity index is 1.22.